The molecule has 2 fully saturated rings. The lowest BCUT2D eigenvalue weighted by atomic mass is 9.70. The Balaban J connectivity index is 1.37. The number of carbonyl (C=O) groups excluding carboxylic acids is 1. The fraction of sp³-hybridized carbons (Fsp3) is 0.545. The van der Waals surface area contributed by atoms with Crippen molar-refractivity contribution in [1.29, 1.82) is 0 Å². The predicted molar refractivity (Wildman–Crippen MR) is 165 cm³/mol. The minimum atomic E-state index is -3.91. The van der Waals surface area contributed by atoms with Gasteiger partial charge in [-0.25, -0.2) is 13.1 Å². The molecule has 2 aliphatic heterocycles. The number of aliphatic hydroxyl groups is 1. The molecule has 2 N–H and O–H groups in total. The van der Waals surface area contributed by atoms with Crippen LogP contribution in [0.4, 0.5) is 5.69 Å². The first-order valence-corrected chi connectivity index (χ1v) is 17.3. The molecule has 4 aliphatic rings. The zero-order chi connectivity index (χ0) is 29.4. The molecule has 5 atom stereocenters. The summed E-state index contributed by atoms with van der Waals surface area (Å²) in [5.41, 5.74) is 3.33. The van der Waals surface area contributed by atoms with E-state index < -0.39 is 27.3 Å². The summed E-state index contributed by atoms with van der Waals surface area (Å²) in [7, 11) is -3.91. The van der Waals surface area contributed by atoms with Crippen molar-refractivity contribution in [2.24, 2.45) is 23.7 Å². The van der Waals surface area contributed by atoms with Gasteiger partial charge in [0.25, 0.3) is 5.91 Å². The number of ether oxygens (including phenoxy) is 1. The van der Waals surface area contributed by atoms with E-state index in [1.54, 1.807) is 25.1 Å². The highest BCUT2D eigenvalue weighted by atomic mass is 35.5. The van der Waals surface area contributed by atoms with Gasteiger partial charge in [-0.1, -0.05) is 29.8 Å². The largest absolute Gasteiger partial charge is 0.487 e. The quantitative estimate of drug-likeness (QED) is 0.390. The number of halogens is 1. The highest BCUT2D eigenvalue weighted by molar-refractivity contribution is 7.90. The summed E-state index contributed by atoms with van der Waals surface area (Å²) in [6, 6.07) is 11.1. The molecule has 0 radical (unpaired) electrons. The fourth-order valence-corrected chi connectivity index (χ4v) is 8.50. The van der Waals surface area contributed by atoms with Crippen LogP contribution in [0.15, 0.2) is 48.6 Å². The lowest BCUT2D eigenvalue weighted by Gasteiger charge is -2.42. The second kappa shape index (κ2) is 12.2. The molecule has 2 aromatic rings. The van der Waals surface area contributed by atoms with Crippen molar-refractivity contribution < 1.29 is 23.1 Å². The third kappa shape index (κ3) is 6.36. The van der Waals surface area contributed by atoms with Crippen LogP contribution in [0.5, 0.6) is 5.75 Å². The third-order valence-corrected chi connectivity index (χ3v) is 11.9. The molecule has 2 saturated carbocycles. The van der Waals surface area contributed by atoms with Crippen LogP contribution in [0, 0.1) is 23.7 Å². The first-order valence-electron chi connectivity index (χ1n) is 15.4. The number of aryl methyl sites for hydroxylation is 1. The normalized spacial score (nSPS) is 30.8. The molecular weight excluding hydrogens is 572 g/mol. The van der Waals surface area contributed by atoms with Crippen molar-refractivity contribution in [3.63, 3.8) is 0 Å². The third-order valence-electron chi connectivity index (χ3n) is 9.90. The van der Waals surface area contributed by atoms with Crippen molar-refractivity contribution in [2.45, 2.75) is 76.3 Å². The number of carbonyl (C=O) groups is 1. The standard InChI is InChI=1S/C33H41ClN2O5S/c1-21-28(22-8-9-22)6-4-7-31(37)29-14-11-25(29)19-36-16-3-2-5-23-17-27(34)13-10-26(23)20-41-32-15-12-24(18-30(32)36)33(38)35-42(21,39)40/h4,7,10,12-13,15,17-18,21-22,25,28-29,31,37H,2-3,5-6,8-9,11,14,16,19-20H2,1H3,(H,35,38)/b7-4+/t21-,25?,28?,29?,31+/m1/s1. The summed E-state index contributed by atoms with van der Waals surface area (Å²) in [6.45, 7) is 3.55. The van der Waals surface area contributed by atoms with Gasteiger partial charge in [0.2, 0.25) is 10.0 Å². The molecule has 2 aliphatic carbocycles. The monoisotopic (exact) mass is 612 g/mol. The van der Waals surface area contributed by atoms with E-state index in [4.69, 9.17) is 16.3 Å². The van der Waals surface area contributed by atoms with E-state index in [9.17, 15) is 18.3 Å². The van der Waals surface area contributed by atoms with Crippen molar-refractivity contribution >= 4 is 33.2 Å². The van der Waals surface area contributed by atoms with E-state index in [1.165, 1.54) is 5.56 Å². The maximum Gasteiger partial charge on any atom is 0.264 e. The Morgan fingerprint density at radius 2 is 1.81 bits per heavy atom. The van der Waals surface area contributed by atoms with Gasteiger partial charge in [0, 0.05) is 23.7 Å². The number of nitrogens with one attached hydrogen (secondary N) is 1. The van der Waals surface area contributed by atoms with Crippen molar-refractivity contribution in [1.82, 2.24) is 4.72 Å². The summed E-state index contributed by atoms with van der Waals surface area (Å²) in [5, 5.41) is 11.1. The molecule has 1 amide bonds. The van der Waals surface area contributed by atoms with Crippen LogP contribution in [-0.4, -0.2) is 43.9 Å². The van der Waals surface area contributed by atoms with Gasteiger partial charge in [-0.05, 0) is 123 Å². The number of allylic oxidation sites excluding steroid dienone is 1. The van der Waals surface area contributed by atoms with Crippen LogP contribution < -0.4 is 14.4 Å². The SMILES string of the molecule is C[C@@H]1C(C2CC2)C/C=C/[C@H](O)C2CCC2CN2CCCCc3cc(Cl)ccc3COc3ccc(cc32)C(=O)NS1(=O)=O. The van der Waals surface area contributed by atoms with Gasteiger partial charge in [0.1, 0.15) is 12.4 Å². The Morgan fingerprint density at radius 1 is 1.00 bits per heavy atom. The Morgan fingerprint density at radius 3 is 2.57 bits per heavy atom. The molecule has 2 heterocycles. The van der Waals surface area contributed by atoms with Crippen molar-refractivity contribution in [3.05, 3.63) is 70.3 Å². The predicted octanol–water partition coefficient (Wildman–Crippen LogP) is 5.88. The van der Waals surface area contributed by atoms with Gasteiger partial charge in [-0.15, -0.1) is 0 Å². The molecule has 42 heavy (non-hydrogen) atoms. The van der Waals surface area contributed by atoms with Crippen molar-refractivity contribution in [3.8, 4) is 5.75 Å². The number of amides is 1. The maximum atomic E-state index is 13.4. The minimum Gasteiger partial charge on any atom is -0.487 e. The number of hydrogen-bond donors (Lipinski definition) is 2. The molecule has 0 spiro atoms. The van der Waals surface area contributed by atoms with Crippen LogP contribution in [0.3, 0.4) is 0 Å². The molecule has 2 bridgehead atoms. The second-order valence-corrected chi connectivity index (χ2v) is 15.1. The Labute approximate surface area is 254 Å². The van der Waals surface area contributed by atoms with Crippen LogP contribution in [0.1, 0.15) is 73.4 Å². The number of benzene rings is 2. The molecule has 3 unspecified atom stereocenters. The summed E-state index contributed by atoms with van der Waals surface area (Å²) in [5.74, 6) is 0.713. The van der Waals surface area contributed by atoms with Gasteiger partial charge in [0.05, 0.1) is 17.0 Å². The number of fused-ring (bicyclic) bond motifs is 3. The number of anilines is 1. The lowest BCUT2D eigenvalue weighted by Crippen LogP contribution is -2.43. The van der Waals surface area contributed by atoms with E-state index >= 15 is 0 Å². The number of nitrogens with zero attached hydrogens (tertiary/aromatic N) is 1. The van der Waals surface area contributed by atoms with Gasteiger partial charge in [0.15, 0.2) is 0 Å². The summed E-state index contributed by atoms with van der Waals surface area (Å²) in [6.07, 6.45) is 10.6. The smallest absolute Gasteiger partial charge is 0.264 e. The van der Waals surface area contributed by atoms with Crippen LogP contribution in [0.25, 0.3) is 0 Å². The highest BCUT2D eigenvalue weighted by Gasteiger charge is 2.41. The van der Waals surface area contributed by atoms with Gasteiger partial charge in [-0.3, -0.25) is 4.79 Å². The Kier molecular flexibility index (Phi) is 8.58. The maximum absolute atomic E-state index is 13.4. The molecule has 6 rings (SSSR count). The van der Waals surface area contributed by atoms with Gasteiger partial charge < -0.3 is 14.7 Å². The summed E-state index contributed by atoms with van der Waals surface area (Å²) in [4.78, 5) is 15.7. The van der Waals surface area contributed by atoms with E-state index in [2.05, 4.69) is 9.62 Å². The molecule has 0 aromatic heterocycles. The highest BCUT2D eigenvalue weighted by Crippen LogP contribution is 2.43. The molecule has 226 valence electrons. The number of rotatable bonds is 1. The second-order valence-electron chi connectivity index (χ2n) is 12.6. The number of hydrogen-bond acceptors (Lipinski definition) is 6. The molecule has 7 nitrogen and oxygen atoms in total. The molecule has 0 saturated heterocycles. The first kappa shape index (κ1) is 29.5. The van der Waals surface area contributed by atoms with Crippen LogP contribution in [-0.2, 0) is 23.1 Å². The van der Waals surface area contributed by atoms with Gasteiger partial charge >= 0.3 is 0 Å². The average Bonchev–Trinajstić information content (AvgIpc) is 3.78. The minimum absolute atomic E-state index is 0.0992. The topological polar surface area (TPSA) is 95.9 Å². The molecule has 2 aromatic carbocycles. The Bertz CT molecular complexity index is 1460. The number of aliphatic hydroxyl groups excluding tert-OH is 1. The fourth-order valence-electron chi connectivity index (χ4n) is 6.95. The van der Waals surface area contributed by atoms with Crippen LogP contribution in [0.2, 0.25) is 5.02 Å². The summed E-state index contributed by atoms with van der Waals surface area (Å²) < 4.78 is 35.6. The molecule has 9 heteroatoms. The summed E-state index contributed by atoms with van der Waals surface area (Å²) >= 11 is 6.31. The molecular formula is C33H41ClN2O5S. The van der Waals surface area contributed by atoms with E-state index in [0.717, 1.165) is 69.3 Å². The zero-order valence-electron chi connectivity index (χ0n) is 24.2. The van der Waals surface area contributed by atoms with E-state index in [1.807, 2.05) is 30.4 Å². The van der Waals surface area contributed by atoms with Crippen LogP contribution >= 0.6 is 11.6 Å². The Hall–Kier alpha value is -2.55. The van der Waals surface area contributed by atoms with E-state index in [-0.39, 0.29) is 11.8 Å². The van der Waals surface area contributed by atoms with Crippen molar-refractivity contribution in [2.75, 3.05) is 18.0 Å². The average molecular weight is 613 g/mol. The lowest BCUT2D eigenvalue weighted by molar-refractivity contribution is 0.0460. The number of sulfonamides is 1. The zero-order valence-corrected chi connectivity index (χ0v) is 25.7. The van der Waals surface area contributed by atoms with E-state index in [0.29, 0.717) is 41.2 Å². The van der Waals surface area contributed by atoms with Gasteiger partial charge in [-0.2, -0.15) is 0 Å². The first-order chi connectivity index (χ1) is 20.2.